The van der Waals surface area contributed by atoms with Crippen molar-refractivity contribution >= 4 is 29.4 Å². The van der Waals surface area contributed by atoms with Crippen molar-refractivity contribution in [2.45, 2.75) is 76.5 Å². The third kappa shape index (κ3) is 5.23. The largest absolute Gasteiger partial charge is 0.455 e. The summed E-state index contributed by atoms with van der Waals surface area (Å²) >= 11 is 0. The topological polar surface area (TPSA) is 125 Å². The molecule has 10 nitrogen and oxygen atoms in total. The standard InChI is InChI=1S/C36H41N3O7/c1-21-12-11-13-22(2)30(21)38-19-10-6-9-16-27(41)37-24(4)31(25-14-7-5-8-15-25)45-35(44)28-26-17-18-36(46-26)29(28)33(42)39(23(3)20-40)32(36)34(38)43/h5-8,10-15,17-18,23-24,26,28-29,31-32,40H,9,16,19-20H2,1-4H3,(H,37,41)/b10-6-/t23-,24-,26+,28-,29-,31+,32+,36-/m1/s1. The van der Waals surface area contributed by atoms with Crippen LogP contribution in [0.2, 0.25) is 0 Å². The summed E-state index contributed by atoms with van der Waals surface area (Å²) in [5.74, 6) is -3.73. The number of esters is 1. The quantitative estimate of drug-likeness (QED) is 0.394. The predicted molar refractivity (Wildman–Crippen MR) is 170 cm³/mol. The number of aliphatic hydroxyl groups is 1. The minimum Gasteiger partial charge on any atom is -0.455 e. The van der Waals surface area contributed by atoms with Crippen LogP contribution in [0.3, 0.4) is 0 Å². The van der Waals surface area contributed by atoms with Crippen LogP contribution in [0.15, 0.2) is 72.8 Å². The zero-order valence-electron chi connectivity index (χ0n) is 26.6. The lowest BCUT2D eigenvalue weighted by molar-refractivity contribution is -0.161. The number of allylic oxidation sites excluding steroid dienone is 1. The lowest BCUT2D eigenvalue weighted by Gasteiger charge is -2.38. The molecule has 2 N–H and O–H groups in total. The SMILES string of the molecule is Cc1cccc(C)c1N1C/C=C\CCC(=O)N[C@H](C)[C@@H](c2ccccc2)OC(=O)[C@@H]2[C@@H]3C=C[C@]4(O3)[C@H](C1=O)N([C@H](C)CO)C(=O)[C@@H]24. The number of rotatable bonds is 4. The monoisotopic (exact) mass is 627 g/mol. The van der Waals surface area contributed by atoms with Crippen molar-refractivity contribution in [3.63, 3.8) is 0 Å². The summed E-state index contributed by atoms with van der Waals surface area (Å²) in [6.07, 6.45) is 6.24. The van der Waals surface area contributed by atoms with E-state index in [4.69, 9.17) is 9.47 Å². The number of cyclic esters (lactones) is 1. The number of carbonyl (C=O) groups is 4. The van der Waals surface area contributed by atoms with E-state index in [0.717, 1.165) is 11.1 Å². The second-order valence-corrected chi connectivity index (χ2v) is 12.8. The fourth-order valence-electron chi connectivity index (χ4n) is 7.61. The molecule has 4 heterocycles. The summed E-state index contributed by atoms with van der Waals surface area (Å²) in [6.45, 7) is 7.13. The Kier molecular flexibility index (Phi) is 8.60. The summed E-state index contributed by atoms with van der Waals surface area (Å²) in [4.78, 5) is 59.6. The zero-order chi connectivity index (χ0) is 32.7. The number of para-hydroxylation sites is 1. The van der Waals surface area contributed by atoms with Crippen LogP contribution in [0, 0.1) is 25.7 Å². The summed E-state index contributed by atoms with van der Waals surface area (Å²) in [7, 11) is 0. The number of aryl methyl sites for hydroxylation is 2. The highest BCUT2D eigenvalue weighted by molar-refractivity contribution is 6.06. The van der Waals surface area contributed by atoms with Gasteiger partial charge in [0.05, 0.1) is 30.7 Å². The van der Waals surface area contributed by atoms with Gasteiger partial charge in [0, 0.05) is 18.7 Å². The molecule has 2 aromatic carbocycles. The maximum Gasteiger partial charge on any atom is 0.313 e. The number of aliphatic hydroxyl groups excluding tert-OH is 1. The number of anilines is 1. The van der Waals surface area contributed by atoms with Gasteiger partial charge in [-0.05, 0) is 50.8 Å². The molecule has 2 aromatic rings. The van der Waals surface area contributed by atoms with Gasteiger partial charge in [-0.3, -0.25) is 19.2 Å². The van der Waals surface area contributed by atoms with Gasteiger partial charge in [-0.1, -0.05) is 72.8 Å². The number of likely N-dealkylation sites (tertiary alicyclic amines) is 1. The maximum absolute atomic E-state index is 14.9. The highest BCUT2D eigenvalue weighted by atomic mass is 16.6. The molecule has 0 radical (unpaired) electrons. The number of benzene rings is 2. The van der Waals surface area contributed by atoms with Crippen molar-refractivity contribution in [2.24, 2.45) is 11.8 Å². The summed E-state index contributed by atoms with van der Waals surface area (Å²) in [5, 5.41) is 13.3. The molecule has 2 fully saturated rings. The average Bonchev–Trinajstić information content (AvgIpc) is 3.69. The third-order valence-electron chi connectivity index (χ3n) is 9.74. The molecule has 2 saturated heterocycles. The van der Waals surface area contributed by atoms with Crippen LogP contribution in [0.25, 0.3) is 0 Å². The van der Waals surface area contributed by atoms with E-state index >= 15 is 0 Å². The molecule has 8 atom stereocenters. The molecule has 3 amide bonds. The van der Waals surface area contributed by atoms with Crippen LogP contribution >= 0.6 is 0 Å². The number of fused-ring (bicyclic) bond motifs is 2. The Bertz CT molecular complexity index is 1570. The first kappa shape index (κ1) is 31.7. The van der Waals surface area contributed by atoms with Crippen molar-refractivity contribution in [1.29, 1.82) is 0 Å². The van der Waals surface area contributed by atoms with E-state index in [9.17, 15) is 24.3 Å². The molecule has 242 valence electrons. The van der Waals surface area contributed by atoms with Crippen LogP contribution in [-0.2, 0) is 28.7 Å². The molecule has 46 heavy (non-hydrogen) atoms. The van der Waals surface area contributed by atoms with Crippen LogP contribution in [0.1, 0.15) is 49.5 Å². The second kappa shape index (κ2) is 12.5. The average molecular weight is 628 g/mol. The van der Waals surface area contributed by atoms with Gasteiger partial charge in [0.1, 0.15) is 23.7 Å². The fourth-order valence-corrected chi connectivity index (χ4v) is 7.61. The zero-order valence-corrected chi connectivity index (χ0v) is 26.6. The van der Waals surface area contributed by atoms with Crippen LogP contribution in [-0.4, -0.2) is 76.7 Å². The third-order valence-corrected chi connectivity index (χ3v) is 9.74. The molecular weight excluding hydrogens is 586 g/mol. The van der Waals surface area contributed by atoms with E-state index in [-0.39, 0.29) is 31.4 Å². The molecule has 10 heteroatoms. The number of ether oxygens (including phenoxy) is 2. The highest BCUT2D eigenvalue weighted by Gasteiger charge is 2.74. The fraction of sp³-hybridized carbons (Fsp3) is 0.444. The molecule has 6 rings (SSSR count). The Morgan fingerprint density at radius 3 is 2.41 bits per heavy atom. The van der Waals surface area contributed by atoms with Gasteiger partial charge in [-0.25, -0.2) is 0 Å². The lowest BCUT2D eigenvalue weighted by atomic mass is 9.74. The molecule has 4 aliphatic rings. The van der Waals surface area contributed by atoms with E-state index in [0.29, 0.717) is 17.7 Å². The van der Waals surface area contributed by atoms with Crippen molar-refractivity contribution in [1.82, 2.24) is 10.2 Å². The van der Waals surface area contributed by atoms with Gasteiger partial charge >= 0.3 is 5.97 Å². The molecule has 4 aliphatic heterocycles. The number of amides is 3. The molecule has 0 saturated carbocycles. The Morgan fingerprint density at radius 1 is 1.00 bits per heavy atom. The molecule has 0 aromatic heterocycles. The summed E-state index contributed by atoms with van der Waals surface area (Å²) in [6, 6.07) is 12.5. The van der Waals surface area contributed by atoms with E-state index in [1.165, 1.54) is 4.90 Å². The normalized spacial score (nSPS) is 32.7. The summed E-state index contributed by atoms with van der Waals surface area (Å²) < 4.78 is 12.7. The van der Waals surface area contributed by atoms with Gasteiger partial charge in [0.25, 0.3) is 5.91 Å². The first-order valence-corrected chi connectivity index (χ1v) is 16.0. The van der Waals surface area contributed by atoms with Crippen molar-refractivity contribution in [2.75, 3.05) is 18.1 Å². The molecule has 1 spiro atoms. The van der Waals surface area contributed by atoms with Crippen LogP contribution in [0.5, 0.6) is 0 Å². The predicted octanol–water partition coefficient (Wildman–Crippen LogP) is 3.31. The maximum atomic E-state index is 14.9. The van der Waals surface area contributed by atoms with Crippen LogP contribution in [0.4, 0.5) is 5.69 Å². The van der Waals surface area contributed by atoms with E-state index in [1.807, 2.05) is 74.5 Å². The number of nitrogens with one attached hydrogen (secondary N) is 1. The molecule has 0 unspecified atom stereocenters. The van der Waals surface area contributed by atoms with E-state index in [2.05, 4.69) is 5.32 Å². The highest BCUT2D eigenvalue weighted by Crippen LogP contribution is 2.56. The Hall–Kier alpha value is -4.28. The van der Waals surface area contributed by atoms with Crippen molar-refractivity contribution in [3.8, 4) is 0 Å². The number of hydrogen-bond acceptors (Lipinski definition) is 7. The van der Waals surface area contributed by atoms with Gasteiger partial charge in [0.15, 0.2) is 0 Å². The molecule has 0 aliphatic carbocycles. The lowest BCUT2D eigenvalue weighted by Crippen LogP contribution is -2.58. The summed E-state index contributed by atoms with van der Waals surface area (Å²) in [5.41, 5.74) is 1.73. The number of hydrogen-bond donors (Lipinski definition) is 2. The van der Waals surface area contributed by atoms with Crippen LogP contribution < -0.4 is 10.2 Å². The first-order valence-electron chi connectivity index (χ1n) is 16.0. The second-order valence-electron chi connectivity index (χ2n) is 12.8. The van der Waals surface area contributed by atoms with E-state index < -0.39 is 59.6 Å². The number of carbonyl (C=O) groups excluding carboxylic acids is 4. The van der Waals surface area contributed by atoms with E-state index in [1.54, 1.807) is 30.9 Å². The van der Waals surface area contributed by atoms with Gasteiger partial charge in [0.2, 0.25) is 11.8 Å². The van der Waals surface area contributed by atoms with Gasteiger partial charge in [-0.2, -0.15) is 0 Å². The minimum atomic E-state index is -1.43. The minimum absolute atomic E-state index is 0.185. The molecule has 5 bridgehead atoms. The van der Waals surface area contributed by atoms with Crippen molar-refractivity contribution in [3.05, 3.63) is 89.5 Å². The van der Waals surface area contributed by atoms with Gasteiger partial charge < -0.3 is 29.7 Å². The first-order chi connectivity index (χ1) is 22.1. The smallest absolute Gasteiger partial charge is 0.313 e. The van der Waals surface area contributed by atoms with Crippen molar-refractivity contribution < 1.29 is 33.8 Å². The number of nitrogens with zero attached hydrogens (tertiary/aromatic N) is 2. The Labute approximate surface area is 269 Å². The Balaban J connectivity index is 1.48. The Morgan fingerprint density at radius 2 is 1.72 bits per heavy atom. The molecular formula is C36H41N3O7. The van der Waals surface area contributed by atoms with Gasteiger partial charge in [-0.15, -0.1) is 0 Å².